The lowest BCUT2D eigenvalue weighted by molar-refractivity contribution is -0.135. The van der Waals surface area contributed by atoms with Crippen LogP contribution in [0.5, 0.6) is 0 Å². The molecule has 0 aromatic heterocycles. The SMILES string of the molecule is CN1C(=O)CC(C(=O)N(C)C2CCS(=O)(=O)C2)c2ccccc21. The first-order valence-electron chi connectivity index (χ1n) is 7.63. The maximum atomic E-state index is 12.9. The molecule has 2 heterocycles. The first kappa shape index (κ1) is 16.0. The van der Waals surface area contributed by atoms with Gasteiger partial charge in [0.1, 0.15) is 0 Å². The zero-order chi connectivity index (χ0) is 16.8. The number of para-hydroxylation sites is 1. The number of carbonyl (C=O) groups excluding carboxylic acids is 2. The third kappa shape index (κ3) is 2.85. The molecule has 2 unspecified atom stereocenters. The van der Waals surface area contributed by atoms with Gasteiger partial charge in [0.2, 0.25) is 11.8 Å². The van der Waals surface area contributed by atoms with E-state index >= 15 is 0 Å². The van der Waals surface area contributed by atoms with Crippen LogP contribution >= 0.6 is 0 Å². The van der Waals surface area contributed by atoms with E-state index < -0.39 is 15.8 Å². The largest absolute Gasteiger partial charge is 0.341 e. The van der Waals surface area contributed by atoms with Crippen LogP contribution in [0.1, 0.15) is 24.3 Å². The zero-order valence-corrected chi connectivity index (χ0v) is 14.0. The molecule has 7 heteroatoms. The van der Waals surface area contributed by atoms with E-state index in [4.69, 9.17) is 0 Å². The second-order valence-electron chi connectivity index (χ2n) is 6.27. The molecule has 1 fully saturated rings. The summed E-state index contributed by atoms with van der Waals surface area (Å²) in [6.45, 7) is 0. The monoisotopic (exact) mass is 336 g/mol. The fourth-order valence-electron chi connectivity index (χ4n) is 3.37. The molecule has 0 spiro atoms. The van der Waals surface area contributed by atoms with Gasteiger partial charge in [-0.25, -0.2) is 8.42 Å². The van der Waals surface area contributed by atoms with Gasteiger partial charge in [0, 0.05) is 32.2 Å². The molecule has 1 aromatic rings. The number of nitrogens with zero attached hydrogens (tertiary/aromatic N) is 2. The normalized spacial score (nSPS) is 26.0. The number of fused-ring (bicyclic) bond motifs is 1. The van der Waals surface area contributed by atoms with Gasteiger partial charge in [-0.05, 0) is 18.1 Å². The highest BCUT2D eigenvalue weighted by Gasteiger charge is 2.39. The standard InChI is InChI=1S/C16H20N2O4S/c1-17(11-7-8-23(21,22)10-11)16(20)13-9-15(19)18(2)14-6-4-3-5-12(13)14/h3-6,11,13H,7-10H2,1-2H3. The molecular formula is C16H20N2O4S. The summed E-state index contributed by atoms with van der Waals surface area (Å²) in [6, 6.07) is 7.08. The second kappa shape index (κ2) is 5.63. The summed E-state index contributed by atoms with van der Waals surface area (Å²) in [5, 5.41) is 0. The van der Waals surface area contributed by atoms with E-state index in [9.17, 15) is 18.0 Å². The fraction of sp³-hybridized carbons (Fsp3) is 0.500. The Kier molecular flexibility index (Phi) is 3.91. The topological polar surface area (TPSA) is 74.8 Å². The van der Waals surface area contributed by atoms with E-state index in [1.807, 2.05) is 24.3 Å². The molecule has 0 radical (unpaired) electrons. The third-order valence-corrected chi connectivity index (χ3v) is 6.58. The smallest absolute Gasteiger partial charge is 0.230 e. The first-order valence-corrected chi connectivity index (χ1v) is 9.45. The van der Waals surface area contributed by atoms with Crippen LogP contribution in [0.15, 0.2) is 24.3 Å². The van der Waals surface area contributed by atoms with Crippen molar-refractivity contribution in [1.29, 1.82) is 0 Å². The summed E-state index contributed by atoms with van der Waals surface area (Å²) >= 11 is 0. The Morgan fingerprint density at radius 1 is 1.30 bits per heavy atom. The van der Waals surface area contributed by atoms with Crippen LogP contribution in [-0.4, -0.2) is 56.8 Å². The summed E-state index contributed by atoms with van der Waals surface area (Å²) in [6.07, 6.45) is 0.586. The number of benzene rings is 1. The number of likely N-dealkylation sites (N-methyl/N-ethyl adjacent to an activating group) is 1. The number of hydrogen-bond acceptors (Lipinski definition) is 4. The van der Waals surface area contributed by atoms with Gasteiger partial charge in [-0.1, -0.05) is 18.2 Å². The van der Waals surface area contributed by atoms with E-state index in [1.54, 1.807) is 19.0 Å². The Morgan fingerprint density at radius 2 is 2.00 bits per heavy atom. The van der Waals surface area contributed by atoms with E-state index in [1.165, 1.54) is 4.90 Å². The average molecular weight is 336 g/mol. The van der Waals surface area contributed by atoms with Crippen LogP contribution < -0.4 is 4.90 Å². The van der Waals surface area contributed by atoms with Gasteiger partial charge in [-0.2, -0.15) is 0 Å². The van der Waals surface area contributed by atoms with Gasteiger partial charge in [-0.3, -0.25) is 9.59 Å². The lowest BCUT2D eigenvalue weighted by Crippen LogP contribution is -2.44. The average Bonchev–Trinajstić information content (AvgIpc) is 2.89. The minimum absolute atomic E-state index is 0.0114. The van der Waals surface area contributed by atoms with Crippen molar-refractivity contribution >= 4 is 27.3 Å². The Balaban J connectivity index is 1.88. The molecule has 0 N–H and O–H groups in total. The van der Waals surface area contributed by atoms with Crippen LogP contribution in [0.3, 0.4) is 0 Å². The maximum absolute atomic E-state index is 12.9. The summed E-state index contributed by atoms with van der Waals surface area (Å²) in [4.78, 5) is 28.1. The molecule has 0 aliphatic carbocycles. The third-order valence-electron chi connectivity index (χ3n) is 4.83. The quantitative estimate of drug-likeness (QED) is 0.800. The molecule has 2 amide bonds. The van der Waals surface area contributed by atoms with Crippen LogP contribution in [0.4, 0.5) is 5.69 Å². The van der Waals surface area contributed by atoms with Gasteiger partial charge in [0.15, 0.2) is 9.84 Å². The number of anilines is 1. The Morgan fingerprint density at radius 3 is 2.65 bits per heavy atom. The molecule has 6 nitrogen and oxygen atoms in total. The van der Waals surface area contributed by atoms with Gasteiger partial charge < -0.3 is 9.80 Å². The number of hydrogen-bond donors (Lipinski definition) is 0. The first-order chi connectivity index (χ1) is 10.8. The minimum Gasteiger partial charge on any atom is -0.341 e. The fourth-order valence-corrected chi connectivity index (χ4v) is 5.14. The van der Waals surface area contributed by atoms with Crippen molar-refractivity contribution in [1.82, 2.24) is 4.90 Å². The van der Waals surface area contributed by atoms with Crippen molar-refractivity contribution in [2.45, 2.75) is 24.8 Å². The van der Waals surface area contributed by atoms with Crippen molar-refractivity contribution < 1.29 is 18.0 Å². The molecular weight excluding hydrogens is 316 g/mol. The molecule has 1 saturated heterocycles. The Labute approximate surface area is 136 Å². The molecule has 3 rings (SSSR count). The summed E-state index contributed by atoms with van der Waals surface area (Å²) in [5.41, 5.74) is 1.57. The van der Waals surface area contributed by atoms with E-state index in [2.05, 4.69) is 0 Å². The van der Waals surface area contributed by atoms with Gasteiger partial charge in [-0.15, -0.1) is 0 Å². The molecule has 2 aliphatic rings. The second-order valence-corrected chi connectivity index (χ2v) is 8.50. The predicted molar refractivity (Wildman–Crippen MR) is 87.0 cm³/mol. The maximum Gasteiger partial charge on any atom is 0.230 e. The Bertz CT molecular complexity index is 759. The highest BCUT2D eigenvalue weighted by atomic mass is 32.2. The van der Waals surface area contributed by atoms with E-state index in [-0.39, 0.29) is 35.8 Å². The number of sulfone groups is 1. The molecule has 2 atom stereocenters. The molecule has 2 aliphatic heterocycles. The predicted octanol–water partition coefficient (Wildman–Crippen LogP) is 0.782. The zero-order valence-electron chi connectivity index (χ0n) is 13.2. The van der Waals surface area contributed by atoms with Gasteiger partial charge >= 0.3 is 0 Å². The van der Waals surface area contributed by atoms with Crippen LogP contribution in [0, 0.1) is 0 Å². The molecule has 23 heavy (non-hydrogen) atoms. The number of amides is 2. The molecule has 0 saturated carbocycles. The summed E-state index contributed by atoms with van der Waals surface area (Å²) in [7, 11) is 0.288. The number of rotatable bonds is 2. The van der Waals surface area contributed by atoms with Gasteiger partial charge in [0.05, 0.1) is 17.4 Å². The van der Waals surface area contributed by atoms with Crippen LogP contribution in [0.2, 0.25) is 0 Å². The van der Waals surface area contributed by atoms with Crippen molar-refractivity contribution in [2.24, 2.45) is 0 Å². The molecule has 0 bridgehead atoms. The highest BCUT2D eigenvalue weighted by Crippen LogP contribution is 2.36. The van der Waals surface area contributed by atoms with E-state index in [0.29, 0.717) is 6.42 Å². The summed E-state index contributed by atoms with van der Waals surface area (Å²) in [5.74, 6) is -0.686. The van der Waals surface area contributed by atoms with Crippen molar-refractivity contribution in [3.8, 4) is 0 Å². The highest BCUT2D eigenvalue weighted by molar-refractivity contribution is 7.91. The van der Waals surface area contributed by atoms with Crippen molar-refractivity contribution in [2.75, 3.05) is 30.5 Å². The Hall–Kier alpha value is -1.89. The molecule has 124 valence electrons. The number of carbonyl (C=O) groups is 2. The summed E-state index contributed by atoms with van der Waals surface area (Å²) < 4.78 is 23.3. The lowest BCUT2D eigenvalue weighted by atomic mass is 9.88. The van der Waals surface area contributed by atoms with Crippen LogP contribution in [0.25, 0.3) is 0 Å². The van der Waals surface area contributed by atoms with Gasteiger partial charge in [0.25, 0.3) is 0 Å². The lowest BCUT2D eigenvalue weighted by Gasteiger charge is -2.34. The van der Waals surface area contributed by atoms with Crippen molar-refractivity contribution in [3.63, 3.8) is 0 Å². The van der Waals surface area contributed by atoms with Crippen LogP contribution in [-0.2, 0) is 19.4 Å². The molecule has 1 aromatic carbocycles. The van der Waals surface area contributed by atoms with Crippen molar-refractivity contribution in [3.05, 3.63) is 29.8 Å². The van der Waals surface area contributed by atoms with E-state index in [0.717, 1.165) is 11.3 Å². The minimum atomic E-state index is -3.05.